The van der Waals surface area contributed by atoms with Crippen LogP contribution in [0.1, 0.15) is 31.9 Å². The molecule has 0 aliphatic heterocycles. The number of amides is 2. The average Bonchev–Trinajstić information content (AvgIpc) is 2.93. The van der Waals surface area contributed by atoms with E-state index in [1.807, 2.05) is 20.8 Å². The molecule has 0 saturated heterocycles. The van der Waals surface area contributed by atoms with Crippen molar-refractivity contribution in [3.8, 4) is 5.75 Å². The summed E-state index contributed by atoms with van der Waals surface area (Å²) in [5, 5.41) is 3.80. The maximum Gasteiger partial charge on any atom is 0.264 e. The Morgan fingerprint density at radius 1 is 0.929 bits per heavy atom. The summed E-state index contributed by atoms with van der Waals surface area (Å²) in [5.41, 5.74) is 1.47. The average molecular weight is 655 g/mol. The predicted octanol–water partition coefficient (Wildman–Crippen LogP) is 6.35. The molecule has 0 radical (unpaired) electrons. The van der Waals surface area contributed by atoms with Crippen LogP contribution in [0, 0.1) is 12.8 Å². The molecule has 3 rings (SSSR count). The number of hydrogen-bond acceptors (Lipinski definition) is 5. The van der Waals surface area contributed by atoms with Gasteiger partial charge in [0.2, 0.25) is 11.8 Å². The summed E-state index contributed by atoms with van der Waals surface area (Å²) in [4.78, 5) is 28.5. The molecule has 0 heterocycles. The number of nitrogens with one attached hydrogen (secondary N) is 1. The number of ether oxygens (including phenoxy) is 1. The van der Waals surface area contributed by atoms with Gasteiger partial charge >= 0.3 is 0 Å². The van der Waals surface area contributed by atoms with Gasteiger partial charge in [0.05, 0.1) is 17.7 Å². The molecule has 0 bridgehead atoms. The van der Waals surface area contributed by atoms with Crippen molar-refractivity contribution in [3.63, 3.8) is 0 Å². The van der Waals surface area contributed by atoms with Gasteiger partial charge in [-0.3, -0.25) is 13.9 Å². The van der Waals surface area contributed by atoms with Crippen LogP contribution in [0.3, 0.4) is 0 Å². The number of sulfonamides is 1. The van der Waals surface area contributed by atoms with Crippen LogP contribution in [-0.4, -0.2) is 51.4 Å². The lowest BCUT2D eigenvalue weighted by Crippen LogP contribution is -2.51. The molecule has 0 saturated carbocycles. The van der Waals surface area contributed by atoms with E-state index in [1.54, 1.807) is 37.3 Å². The third kappa shape index (κ3) is 8.31. The van der Waals surface area contributed by atoms with Crippen molar-refractivity contribution in [1.29, 1.82) is 0 Å². The first-order valence-electron chi connectivity index (χ1n) is 13.2. The van der Waals surface area contributed by atoms with E-state index in [-0.39, 0.29) is 33.8 Å². The van der Waals surface area contributed by atoms with E-state index >= 15 is 0 Å². The van der Waals surface area contributed by atoms with Crippen LogP contribution in [0.25, 0.3) is 0 Å². The molecule has 0 unspecified atom stereocenters. The third-order valence-corrected chi connectivity index (χ3v) is 9.10. The fraction of sp³-hybridized carbons (Fsp3) is 0.333. The number of nitrogens with zero attached hydrogens (tertiary/aromatic N) is 2. The fourth-order valence-electron chi connectivity index (χ4n) is 4.08. The lowest BCUT2D eigenvalue weighted by Gasteiger charge is -2.32. The van der Waals surface area contributed by atoms with Crippen LogP contribution in [0.2, 0.25) is 15.1 Å². The lowest BCUT2D eigenvalue weighted by atomic mass is 10.1. The summed E-state index contributed by atoms with van der Waals surface area (Å²) in [7, 11) is -2.91. The minimum atomic E-state index is -4.30. The molecule has 12 heteroatoms. The van der Waals surface area contributed by atoms with Crippen LogP contribution in [0.15, 0.2) is 65.6 Å². The number of benzene rings is 3. The van der Waals surface area contributed by atoms with Crippen molar-refractivity contribution in [1.82, 2.24) is 10.2 Å². The molecule has 226 valence electrons. The Balaban J connectivity index is 2.10. The van der Waals surface area contributed by atoms with Crippen molar-refractivity contribution in [3.05, 3.63) is 86.9 Å². The SMILES string of the molecule is COc1ccc(Cl)cc1N(CC(=O)N(Cc1ccc(Cl)cc1Cl)[C@@H](C)C(=O)NCC(C)C)S(=O)(=O)c1ccc(C)cc1. The first-order chi connectivity index (χ1) is 19.7. The first kappa shape index (κ1) is 33.5. The zero-order valence-electron chi connectivity index (χ0n) is 24.0. The molecule has 3 aromatic carbocycles. The largest absolute Gasteiger partial charge is 0.495 e. The molecule has 0 aliphatic carbocycles. The molecule has 2 amide bonds. The number of hydrogen-bond donors (Lipinski definition) is 1. The molecule has 0 aliphatic rings. The van der Waals surface area contributed by atoms with Gasteiger partial charge in [0.1, 0.15) is 18.3 Å². The predicted molar refractivity (Wildman–Crippen MR) is 168 cm³/mol. The number of aryl methyl sites for hydroxylation is 1. The van der Waals surface area contributed by atoms with Crippen molar-refractivity contribution in [2.24, 2.45) is 5.92 Å². The standard InChI is InChI=1S/C30H34Cl3N3O5S/c1-19(2)16-34-30(38)21(4)35(17-22-8-9-23(31)14-26(22)33)29(37)18-36(27-15-24(32)10-13-28(27)41-5)42(39,40)25-11-6-20(3)7-12-25/h6-15,19,21H,16-18H2,1-5H3,(H,34,38)/t21-/m0/s1. The number of carbonyl (C=O) groups excluding carboxylic acids is 2. The minimum absolute atomic E-state index is 0.0297. The summed E-state index contributed by atoms with van der Waals surface area (Å²) in [5.74, 6) is -0.666. The van der Waals surface area contributed by atoms with Gasteiger partial charge in [0.25, 0.3) is 10.0 Å². The maximum absolute atomic E-state index is 14.1. The molecule has 42 heavy (non-hydrogen) atoms. The Kier molecular flexibility index (Phi) is 11.5. The first-order valence-corrected chi connectivity index (χ1v) is 15.8. The summed E-state index contributed by atoms with van der Waals surface area (Å²) in [6, 6.07) is 14.6. The van der Waals surface area contributed by atoms with Gasteiger partial charge in [-0.1, -0.05) is 72.4 Å². The lowest BCUT2D eigenvalue weighted by molar-refractivity contribution is -0.139. The summed E-state index contributed by atoms with van der Waals surface area (Å²) >= 11 is 18.8. The molecule has 8 nitrogen and oxygen atoms in total. The van der Waals surface area contributed by atoms with Crippen molar-refractivity contribution in [2.45, 2.75) is 45.2 Å². The number of carbonyl (C=O) groups is 2. The summed E-state index contributed by atoms with van der Waals surface area (Å²) in [6.07, 6.45) is 0. The molecule has 0 aromatic heterocycles. The zero-order valence-corrected chi connectivity index (χ0v) is 27.1. The van der Waals surface area contributed by atoms with Gasteiger partial charge in [0, 0.05) is 28.2 Å². The Morgan fingerprint density at radius 3 is 2.14 bits per heavy atom. The van der Waals surface area contributed by atoms with Gasteiger partial charge < -0.3 is 15.0 Å². The Bertz CT molecular complexity index is 1530. The van der Waals surface area contributed by atoms with Crippen LogP contribution >= 0.6 is 34.8 Å². The molecule has 0 fully saturated rings. The van der Waals surface area contributed by atoms with Crippen molar-refractivity contribution < 1.29 is 22.7 Å². The van der Waals surface area contributed by atoms with E-state index in [1.165, 1.54) is 42.3 Å². The second-order valence-electron chi connectivity index (χ2n) is 10.2. The second-order valence-corrected chi connectivity index (χ2v) is 13.4. The monoisotopic (exact) mass is 653 g/mol. The van der Waals surface area contributed by atoms with Gasteiger partial charge in [-0.2, -0.15) is 0 Å². The Morgan fingerprint density at radius 2 is 1.55 bits per heavy atom. The van der Waals surface area contributed by atoms with E-state index in [4.69, 9.17) is 39.5 Å². The molecular weight excluding hydrogens is 621 g/mol. The van der Waals surface area contributed by atoms with E-state index in [2.05, 4.69) is 5.32 Å². The van der Waals surface area contributed by atoms with E-state index in [9.17, 15) is 18.0 Å². The number of halogens is 3. The molecule has 1 N–H and O–H groups in total. The molecular formula is C30H34Cl3N3O5S. The Hall–Kier alpha value is -2.98. The normalized spacial score (nSPS) is 12.1. The van der Waals surface area contributed by atoms with Crippen LogP contribution in [-0.2, 0) is 26.2 Å². The van der Waals surface area contributed by atoms with Gasteiger partial charge in [-0.25, -0.2) is 8.42 Å². The van der Waals surface area contributed by atoms with Gasteiger partial charge in [0.15, 0.2) is 0 Å². The summed E-state index contributed by atoms with van der Waals surface area (Å²) < 4.78 is 34.5. The highest BCUT2D eigenvalue weighted by atomic mass is 35.5. The van der Waals surface area contributed by atoms with Crippen molar-refractivity contribution in [2.75, 3.05) is 24.5 Å². The van der Waals surface area contributed by atoms with Gasteiger partial charge in [-0.05, 0) is 67.8 Å². The second kappa shape index (κ2) is 14.5. The highest BCUT2D eigenvalue weighted by molar-refractivity contribution is 7.92. The quantitative estimate of drug-likeness (QED) is 0.246. The van der Waals surface area contributed by atoms with Crippen molar-refractivity contribution >= 4 is 62.3 Å². The van der Waals surface area contributed by atoms with E-state index < -0.39 is 34.4 Å². The fourth-order valence-corrected chi connectivity index (χ4v) is 6.13. The Labute approximate surface area is 262 Å². The third-order valence-electron chi connectivity index (χ3n) is 6.51. The number of rotatable bonds is 12. The van der Waals surface area contributed by atoms with E-state index in [0.717, 1.165) is 9.87 Å². The minimum Gasteiger partial charge on any atom is -0.495 e. The van der Waals surface area contributed by atoms with Crippen LogP contribution in [0.4, 0.5) is 5.69 Å². The topological polar surface area (TPSA) is 96.0 Å². The van der Waals surface area contributed by atoms with Crippen LogP contribution < -0.4 is 14.4 Å². The van der Waals surface area contributed by atoms with E-state index in [0.29, 0.717) is 22.2 Å². The smallest absolute Gasteiger partial charge is 0.264 e. The maximum atomic E-state index is 14.1. The summed E-state index contributed by atoms with van der Waals surface area (Å²) in [6.45, 7) is 7.00. The highest BCUT2D eigenvalue weighted by Gasteiger charge is 2.34. The number of methoxy groups -OCH3 is 1. The van der Waals surface area contributed by atoms with Crippen LogP contribution in [0.5, 0.6) is 5.75 Å². The molecule has 1 atom stereocenters. The highest BCUT2D eigenvalue weighted by Crippen LogP contribution is 2.35. The molecule has 0 spiro atoms. The zero-order chi connectivity index (χ0) is 31.2. The molecule has 3 aromatic rings. The van der Waals surface area contributed by atoms with Gasteiger partial charge in [-0.15, -0.1) is 0 Å². The number of anilines is 1.